The zero-order valence-electron chi connectivity index (χ0n) is 11.4. The number of ether oxygens (including phenoxy) is 1. The van der Waals surface area contributed by atoms with E-state index in [0.717, 1.165) is 19.6 Å². The summed E-state index contributed by atoms with van der Waals surface area (Å²) in [5.74, 6) is 0. The number of nitrogens with one attached hydrogen (secondary N) is 2. The Hall–Kier alpha value is -0.770. The van der Waals surface area contributed by atoms with Crippen molar-refractivity contribution in [1.29, 1.82) is 0 Å². The molecule has 2 heterocycles. The van der Waals surface area contributed by atoms with Crippen LogP contribution in [0.15, 0.2) is 0 Å². The molecule has 2 N–H and O–H groups in total. The summed E-state index contributed by atoms with van der Waals surface area (Å²) in [6.45, 7) is 10.8. The van der Waals surface area contributed by atoms with Gasteiger partial charge in [0.05, 0.1) is 0 Å². The molecule has 3 fully saturated rings. The lowest BCUT2D eigenvalue weighted by molar-refractivity contribution is -0.0619. The molecular weight excluding hydrogens is 216 g/mol. The first-order chi connectivity index (χ1) is 7.72. The van der Waals surface area contributed by atoms with Gasteiger partial charge in [-0.15, -0.1) is 0 Å². The largest absolute Gasteiger partial charge is 0.444 e. The standard InChI is InChI=1S/C13H24N2O2/c1-11(2,3)17-10(16)15-9-13-5-12(4,6-13)7-14-8-13/h14H,5-9H2,1-4H3,(H,15,16). The van der Waals surface area contributed by atoms with Crippen LogP contribution in [0.1, 0.15) is 40.5 Å². The zero-order chi connectivity index (χ0) is 12.7. The van der Waals surface area contributed by atoms with Gasteiger partial charge in [0.2, 0.25) is 0 Å². The number of alkyl carbamates (subject to hydrolysis) is 1. The van der Waals surface area contributed by atoms with E-state index < -0.39 is 5.60 Å². The van der Waals surface area contributed by atoms with Crippen LogP contribution < -0.4 is 10.6 Å². The van der Waals surface area contributed by atoms with E-state index in [1.165, 1.54) is 12.8 Å². The van der Waals surface area contributed by atoms with E-state index in [-0.39, 0.29) is 11.5 Å². The summed E-state index contributed by atoms with van der Waals surface area (Å²) in [7, 11) is 0. The number of fused-ring (bicyclic) bond motifs is 2. The van der Waals surface area contributed by atoms with Crippen LogP contribution >= 0.6 is 0 Å². The molecule has 4 heteroatoms. The second kappa shape index (κ2) is 3.87. The molecule has 17 heavy (non-hydrogen) atoms. The fourth-order valence-electron chi connectivity index (χ4n) is 3.40. The smallest absolute Gasteiger partial charge is 0.407 e. The van der Waals surface area contributed by atoms with Crippen molar-refractivity contribution >= 4 is 6.09 Å². The van der Waals surface area contributed by atoms with Crippen molar-refractivity contribution in [1.82, 2.24) is 10.6 Å². The molecule has 0 aromatic rings. The summed E-state index contributed by atoms with van der Waals surface area (Å²) in [6.07, 6.45) is 2.12. The lowest BCUT2D eigenvalue weighted by atomic mass is 9.51. The average Bonchev–Trinajstić information content (AvgIpc) is 2.10. The van der Waals surface area contributed by atoms with Crippen molar-refractivity contribution in [2.24, 2.45) is 10.8 Å². The molecule has 3 aliphatic rings. The van der Waals surface area contributed by atoms with Gasteiger partial charge in [-0.3, -0.25) is 0 Å². The topological polar surface area (TPSA) is 50.4 Å². The Morgan fingerprint density at radius 1 is 1.35 bits per heavy atom. The first-order valence-corrected chi connectivity index (χ1v) is 6.40. The van der Waals surface area contributed by atoms with Crippen LogP contribution in [-0.2, 0) is 4.74 Å². The maximum atomic E-state index is 11.6. The monoisotopic (exact) mass is 240 g/mol. The summed E-state index contributed by atoms with van der Waals surface area (Å²) >= 11 is 0. The molecule has 1 aliphatic carbocycles. The Kier molecular flexibility index (Phi) is 2.89. The van der Waals surface area contributed by atoms with E-state index in [1.54, 1.807) is 0 Å². The van der Waals surface area contributed by atoms with Gasteiger partial charge >= 0.3 is 6.09 Å². The highest BCUT2D eigenvalue weighted by molar-refractivity contribution is 5.67. The van der Waals surface area contributed by atoms with Crippen molar-refractivity contribution in [3.63, 3.8) is 0 Å². The average molecular weight is 240 g/mol. The molecule has 0 atom stereocenters. The Bertz CT molecular complexity index is 314. The van der Waals surface area contributed by atoms with Crippen molar-refractivity contribution < 1.29 is 9.53 Å². The number of carbonyl (C=O) groups excluding carboxylic acids is 1. The van der Waals surface area contributed by atoms with Crippen molar-refractivity contribution in [3.8, 4) is 0 Å². The molecule has 3 rings (SSSR count). The Labute approximate surface area is 103 Å². The molecule has 0 radical (unpaired) electrons. The summed E-state index contributed by atoms with van der Waals surface area (Å²) < 4.78 is 5.25. The third-order valence-corrected chi connectivity index (χ3v) is 3.66. The molecular formula is C13H24N2O2. The van der Waals surface area contributed by atoms with Crippen LogP contribution in [-0.4, -0.2) is 31.3 Å². The number of carbonyl (C=O) groups is 1. The van der Waals surface area contributed by atoms with E-state index in [9.17, 15) is 4.79 Å². The highest BCUT2D eigenvalue weighted by atomic mass is 16.6. The molecule has 2 aliphatic heterocycles. The van der Waals surface area contributed by atoms with Gasteiger partial charge in [0.1, 0.15) is 5.60 Å². The van der Waals surface area contributed by atoms with Crippen molar-refractivity contribution in [3.05, 3.63) is 0 Å². The zero-order valence-corrected chi connectivity index (χ0v) is 11.4. The first-order valence-electron chi connectivity index (χ1n) is 6.40. The molecule has 1 saturated carbocycles. The Morgan fingerprint density at radius 3 is 2.53 bits per heavy atom. The van der Waals surface area contributed by atoms with Crippen LogP contribution in [0.5, 0.6) is 0 Å². The quantitative estimate of drug-likeness (QED) is 0.775. The van der Waals surface area contributed by atoms with Gasteiger partial charge in [0.15, 0.2) is 0 Å². The molecule has 2 bridgehead atoms. The minimum absolute atomic E-state index is 0.268. The van der Waals surface area contributed by atoms with Crippen LogP contribution in [0, 0.1) is 10.8 Å². The summed E-state index contributed by atoms with van der Waals surface area (Å²) in [4.78, 5) is 11.6. The number of hydrogen-bond donors (Lipinski definition) is 2. The minimum Gasteiger partial charge on any atom is -0.444 e. The number of piperidine rings is 2. The summed E-state index contributed by atoms with van der Waals surface area (Å²) in [5.41, 5.74) is 0.304. The Balaban J connectivity index is 1.78. The molecule has 0 aromatic heterocycles. The molecule has 1 amide bonds. The number of rotatable bonds is 2. The van der Waals surface area contributed by atoms with E-state index in [2.05, 4.69) is 17.6 Å². The third-order valence-electron chi connectivity index (χ3n) is 3.66. The second-order valence-electron chi connectivity index (χ2n) is 7.12. The van der Waals surface area contributed by atoms with Crippen molar-refractivity contribution in [2.75, 3.05) is 19.6 Å². The lowest BCUT2D eigenvalue weighted by Gasteiger charge is -2.59. The number of amides is 1. The summed E-state index contributed by atoms with van der Waals surface area (Å²) in [6, 6.07) is 0. The van der Waals surface area contributed by atoms with Gasteiger partial charge in [0, 0.05) is 25.0 Å². The SMILES string of the molecule is CC12CNCC(CNC(=O)OC(C)(C)C)(C1)C2. The van der Waals surface area contributed by atoms with Gasteiger partial charge < -0.3 is 15.4 Å². The summed E-state index contributed by atoms with van der Waals surface area (Å²) in [5, 5.41) is 6.35. The highest BCUT2D eigenvalue weighted by Crippen LogP contribution is 2.55. The first kappa shape index (κ1) is 12.7. The Morgan fingerprint density at radius 2 is 2.00 bits per heavy atom. The normalized spacial score (nSPS) is 36.0. The van der Waals surface area contributed by atoms with E-state index in [1.807, 2.05) is 20.8 Å². The maximum absolute atomic E-state index is 11.6. The minimum atomic E-state index is -0.416. The van der Waals surface area contributed by atoms with Gasteiger partial charge in [0.25, 0.3) is 0 Å². The fraction of sp³-hybridized carbons (Fsp3) is 0.923. The van der Waals surface area contributed by atoms with Gasteiger partial charge in [-0.25, -0.2) is 4.79 Å². The van der Waals surface area contributed by atoms with Gasteiger partial charge in [-0.1, -0.05) is 6.92 Å². The second-order valence-corrected chi connectivity index (χ2v) is 7.12. The fourth-order valence-corrected chi connectivity index (χ4v) is 3.40. The molecule has 2 saturated heterocycles. The van der Waals surface area contributed by atoms with Crippen LogP contribution in [0.25, 0.3) is 0 Å². The predicted octanol–water partition coefficient (Wildman–Crippen LogP) is 1.90. The highest BCUT2D eigenvalue weighted by Gasteiger charge is 2.54. The van der Waals surface area contributed by atoms with Crippen molar-refractivity contribution in [2.45, 2.75) is 46.1 Å². The lowest BCUT2D eigenvalue weighted by Crippen LogP contribution is -2.64. The van der Waals surface area contributed by atoms with Gasteiger partial charge in [-0.2, -0.15) is 0 Å². The van der Waals surface area contributed by atoms with Crippen LogP contribution in [0.3, 0.4) is 0 Å². The molecule has 0 aromatic carbocycles. The van der Waals surface area contributed by atoms with E-state index in [4.69, 9.17) is 4.74 Å². The molecule has 98 valence electrons. The maximum Gasteiger partial charge on any atom is 0.407 e. The van der Waals surface area contributed by atoms with Crippen LogP contribution in [0.2, 0.25) is 0 Å². The predicted molar refractivity (Wildman–Crippen MR) is 66.9 cm³/mol. The third kappa shape index (κ3) is 2.92. The molecule has 4 nitrogen and oxygen atoms in total. The van der Waals surface area contributed by atoms with E-state index >= 15 is 0 Å². The van der Waals surface area contributed by atoms with Gasteiger partial charge in [-0.05, 0) is 39.0 Å². The van der Waals surface area contributed by atoms with Crippen LogP contribution in [0.4, 0.5) is 4.79 Å². The molecule has 0 spiro atoms. The number of hydrogen-bond acceptors (Lipinski definition) is 3. The van der Waals surface area contributed by atoms with E-state index in [0.29, 0.717) is 5.41 Å². The molecule has 0 unspecified atom stereocenters.